The molecule has 0 aliphatic carbocycles. The molecule has 0 radical (unpaired) electrons. The minimum atomic E-state index is -0.585. The third kappa shape index (κ3) is 4.44. The molecule has 0 N–H and O–H groups in total. The number of hydrogen-bond donors (Lipinski definition) is 0. The Balaban J connectivity index is 1.64. The molecule has 32 heavy (non-hydrogen) atoms. The van der Waals surface area contributed by atoms with Crippen LogP contribution >= 0.6 is 0 Å². The van der Waals surface area contributed by atoms with Gasteiger partial charge in [-0.05, 0) is 54.4 Å². The molecule has 0 unspecified atom stereocenters. The molecule has 3 aromatic carbocycles. The zero-order valence-corrected chi connectivity index (χ0v) is 18.2. The van der Waals surface area contributed by atoms with Crippen molar-refractivity contribution in [3.05, 3.63) is 90.0 Å². The minimum Gasteiger partial charge on any atom is -0.497 e. The summed E-state index contributed by atoms with van der Waals surface area (Å²) in [5.74, 6) is 1.22. The first-order valence-corrected chi connectivity index (χ1v) is 10.6. The van der Waals surface area contributed by atoms with Gasteiger partial charge in [0, 0.05) is 13.0 Å². The number of rotatable bonds is 8. The van der Waals surface area contributed by atoms with Gasteiger partial charge in [0.1, 0.15) is 17.5 Å². The van der Waals surface area contributed by atoms with Gasteiger partial charge in [0.15, 0.2) is 0 Å². The predicted molar refractivity (Wildman–Crippen MR) is 123 cm³/mol. The van der Waals surface area contributed by atoms with Crippen molar-refractivity contribution >= 4 is 17.6 Å². The topological polar surface area (TPSA) is 59.1 Å². The van der Waals surface area contributed by atoms with E-state index in [1.807, 2.05) is 61.5 Å². The second-order valence-electron chi connectivity index (χ2n) is 7.56. The smallest absolute Gasteiger partial charge is 0.332 e. The van der Waals surface area contributed by atoms with Gasteiger partial charge in [-0.1, -0.05) is 42.5 Å². The lowest BCUT2D eigenvalue weighted by atomic mass is 10.0. The largest absolute Gasteiger partial charge is 0.497 e. The third-order valence-corrected chi connectivity index (χ3v) is 5.51. The highest BCUT2D eigenvalue weighted by Gasteiger charge is 2.45. The molecule has 3 aromatic rings. The lowest BCUT2D eigenvalue weighted by Crippen LogP contribution is -2.36. The van der Waals surface area contributed by atoms with Crippen LogP contribution < -0.4 is 14.4 Å². The van der Waals surface area contributed by atoms with Gasteiger partial charge in [0.2, 0.25) is 0 Å². The summed E-state index contributed by atoms with van der Waals surface area (Å²) < 4.78 is 10.7. The molecule has 6 nitrogen and oxygen atoms in total. The van der Waals surface area contributed by atoms with Gasteiger partial charge >= 0.3 is 6.03 Å². The molecular weight excluding hydrogens is 404 g/mol. The Morgan fingerprint density at radius 1 is 0.812 bits per heavy atom. The summed E-state index contributed by atoms with van der Waals surface area (Å²) in [7, 11) is 1.61. The fraction of sp³-hybridized carbons (Fsp3) is 0.231. The average Bonchev–Trinajstić information content (AvgIpc) is 3.05. The van der Waals surface area contributed by atoms with Gasteiger partial charge in [-0.15, -0.1) is 0 Å². The van der Waals surface area contributed by atoms with Crippen molar-refractivity contribution in [2.24, 2.45) is 0 Å². The highest BCUT2D eigenvalue weighted by molar-refractivity contribution is 6.21. The lowest BCUT2D eigenvalue weighted by Gasteiger charge is -2.22. The monoisotopic (exact) mass is 430 g/mol. The number of anilines is 1. The zero-order chi connectivity index (χ0) is 22.5. The van der Waals surface area contributed by atoms with E-state index in [9.17, 15) is 9.59 Å². The van der Waals surface area contributed by atoms with Crippen LogP contribution in [-0.4, -0.2) is 36.6 Å². The van der Waals surface area contributed by atoms with Crippen LogP contribution in [0, 0.1) is 0 Å². The minimum absolute atomic E-state index is 0.225. The standard InChI is InChI=1S/C26H26N2O4/c1-3-32-23-15-11-21(12-16-23)28-25(29)24(17-19-7-5-4-6-8-19)27(26(28)30)18-20-9-13-22(31-2)14-10-20/h4-16,24H,3,17-18H2,1-2H3/t24-/m0/s1. The Labute approximate surface area is 188 Å². The van der Waals surface area contributed by atoms with E-state index < -0.39 is 6.04 Å². The van der Waals surface area contributed by atoms with Crippen molar-refractivity contribution in [1.29, 1.82) is 0 Å². The van der Waals surface area contributed by atoms with Crippen LogP contribution in [0.1, 0.15) is 18.1 Å². The van der Waals surface area contributed by atoms with Gasteiger partial charge < -0.3 is 14.4 Å². The summed E-state index contributed by atoms with van der Waals surface area (Å²) in [5, 5.41) is 0. The molecule has 0 bridgehead atoms. The number of urea groups is 1. The van der Waals surface area contributed by atoms with Crippen LogP contribution in [-0.2, 0) is 17.8 Å². The molecule has 0 spiro atoms. The molecule has 1 fully saturated rings. The normalized spacial score (nSPS) is 15.9. The number of amides is 3. The maximum atomic E-state index is 13.4. The van der Waals surface area contributed by atoms with Crippen LogP contribution in [0.25, 0.3) is 0 Å². The molecule has 1 atom stereocenters. The second-order valence-corrected chi connectivity index (χ2v) is 7.56. The molecule has 164 valence electrons. The van der Waals surface area contributed by atoms with Gasteiger partial charge in [-0.3, -0.25) is 4.79 Å². The van der Waals surface area contributed by atoms with Crippen LogP contribution in [0.3, 0.4) is 0 Å². The number of benzene rings is 3. The predicted octanol–water partition coefficient (Wildman–Crippen LogP) is 4.67. The van der Waals surface area contributed by atoms with Crippen molar-refractivity contribution in [2.75, 3.05) is 18.6 Å². The molecular formula is C26H26N2O4. The molecule has 0 aromatic heterocycles. The summed E-state index contributed by atoms with van der Waals surface area (Å²) in [6.45, 7) is 2.79. The first-order valence-electron chi connectivity index (χ1n) is 10.6. The number of carbonyl (C=O) groups is 2. The van der Waals surface area contributed by atoms with Crippen molar-refractivity contribution in [1.82, 2.24) is 4.90 Å². The van der Waals surface area contributed by atoms with Gasteiger partial charge in [-0.25, -0.2) is 9.69 Å². The summed E-state index contributed by atoms with van der Waals surface area (Å²) in [5.41, 5.74) is 2.48. The number of carbonyl (C=O) groups excluding carboxylic acids is 2. The van der Waals surface area contributed by atoms with Gasteiger partial charge in [0.05, 0.1) is 19.4 Å². The van der Waals surface area contributed by atoms with E-state index in [4.69, 9.17) is 9.47 Å². The Kier molecular flexibility index (Phi) is 6.40. The summed E-state index contributed by atoms with van der Waals surface area (Å²) in [4.78, 5) is 29.8. The van der Waals surface area contributed by atoms with E-state index in [-0.39, 0.29) is 11.9 Å². The number of nitrogens with zero attached hydrogens (tertiary/aromatic N) is 2. The lowest BCUT2D eigenvalue weighted by molar-refractivity contribution is -0.119. The first kappa shape index (κ1) is 21.4. The molecule has 1 aliphatic rings. The number of methoxy groups -OCH3 is 1. The molecule has 1 aliphatic heterocycles. The molecule has 4 rings (SSSR count). The van der Waals surface area contributed by atoms with Crippen LogP contribution in [0.5, 0.6) is 11.5 Å². The molecule has 3 amide bonds. The average molecular weight is 431 g/mol. The van der Waals surface area contributed by atoms with Crippen LogP contribution in [0.15, 0.2) is 78.9 Å². The Morgan fingerprint density at radius 2 is 1.47 bits per heavy atom. The van der Waals surface area contributed by atoms with Crippen molar-refractivity contribution in [3.8, 4) is 11.5 Å². The summed E-state index contributed by atoms with van der Waals surface area (Å²) in [6.07, 6.45) is 0.453. The van der Waals surface area contributed by atoms with E-state index in [1.165, 1.54) is 4.90 Å². The molecule has 1 saturated heterocycles. The Bertz CT molecular complexity index is 1070. The van der Waals surface area contributed by atoms with Crippen LogP contribution in [0.4, 0.5) is 10.5 Å². The van der Waals surface area contributed by atoms with Crippen molar-refractivity contribution < 1.29 is 19.1 Å². The third-order valence-electron chi connectivity index (χ3n) is 5.51. The van der Waals surface area contributed by atoms with Gasteiger partial charge in [0.25, 0.3) is 5.91 Å². The number of ether oxygens (including phenoxy) is 2. The van der Waals surface area contributed by atoms with E-state index in [2.05, 4.69) is 0 Å². The van der Waals surface area contributed by atoms with E-state index in [1.54, 1.807) is 36.3 Å². The molecule has 0 saturated carbocycles. The van der Waals surface area contributed by atoms with Crippen LogP contribution in [0.2, 0.25) is 0 Å². The summed E-state index contributed by atoms with van der Waals surface area (Å²) >= 11 is 0. The second kappa shape index (κ2) is 9.56. The number of imide groups is 1. The van der Waals surface area contributed by atoms with E-state index in [0.29, 0.717) is 31.0 Å². The number of hydrogen-bond acceptors (Lipinski definition) is 4. The zero-order valence-electron chi connectivity index (χ0n) is 18.2. The fourth-order valence-electron chi connectivity index (χ4n) is 3.87. The fourth-order valence-corrected chi connectivity index (χ4v) is 3.87. The molecule has 6 heteroatoms. The van der Waals surface area contributed by atoms with Gasteiger partial charge in [-0.2, -0.15) is 0 Å². The maximum absolute atomic E-state index is 13.4. The highest BCUT2D eigenvalue weighted by atomic mass is 16.5. The summed E-state index contributed by atoms with van der Waals surface area (Å²) in [6, 6.07) is 23.4. The molecule has 1 heterocycles. The maximum Gasteiger partial charge on any atom is 0.332 e. The SMILES string of the molecule is CCOc1ccc(N2C(=O)[C@H](Cc3ccccc3)N(Cc3ccc(OC)cc3)C2=O)cc1. The van der Waals surface area contributed by atoms with Crippen molar-refractivity contribution in [3.63, 3.8) is 0 Å². The van der Waals surface area contributed by atoms with Crippen molar-refractivity contribution in [2.45, 2.75) is 25.9 Å². The Hall–Kier alpha value is -3.80. The quantitative estimate of drug-likeness (QED) is 0.487. The van der Waals surface area contributed by atoms with E-state index in [0.717, 1.165) is 16.9 Å². The van der Waals surface area contributed by atoms with E-state index >= 15 is 0 Å². The Morgan fingerprint density at radius 3 is 2.09 bits per heavy atom. The first-order chi connectivity index (χ1) is 15.6. The highest BCUT2D eigenvalue weighted by Crippen LogP contribution is 2.30.